The number of ether oxygens (including phenoxy) is 3. The number of aromatic nitrogens is 5. The van der Waals surface area contributed by atoms with Crippen LogP contribution in [0.1, 0.15) is 61.0 Å². The molecule has 20 heteroatoms. The molecule has 0 saturated carbocycles. The maximum absolute atomic E-state index is 13.2. The lowest BCUT2D eigenvalue weighted by atomic mass is 9.98. The molecular weight excluding hydrogens is 945 g/mol. The second-order valence-corrected chi connectivity index (χ2v) is 19.1. The number of rotatable bonds is 19. The van der Waals surface area contributed by atoms with E-state index in [4.69, 9.17) is 19.2 Å². The van der Waals surface area contributed by atoms with Crippen LogP contribution in [0.3, 0.4) is 0 Å². The predicted molar refractivity (Wildman–Crippen MR) is 284 cm³/mol. The Morgan fingerprint density at radius 2 is 1.58 bits per heavy atom. The van der Waals surface area contributed by atoms with Gasteiger partial charge in [-0.2, -0.15) is 10.1 Å². The predicted octanol–water partition coefficient (Wildman–Crippen LogP) is 5.99. The van der Waals surface area contributed by atoms with Crippen molar-refractivity contribution in [2.45, 2.75) is 52.2 Å². The van der Waals surface area contributed by atoms with Gasteiger partial charge in [0.05, 0.1) is 60.3 Å². The topological polar surface area (TPSA) is 219 Å². The van der Waals surface area contributed by atoms with Crippen molar-refractivity contribution in [3.8, 4) is 34.3 Å². The van der Waals surface area contributed by atoms with Crippen molar-refractivity contribution >= 4 is 46.3 Å². The van der Waals surface area contributed by atoms with Crippen LogP contribution in [0.2, 0.25) is 0 Å². The Kier molecular flexibility index (Phi) is 16.1. The molecule has 390 valence electrons. The third-order valence-corrected chi connectivity index (χ3v) is 13.9. The molecule has 20 nitrogen and oxygen atoms in total. The van der Waals surface area contributed by atoms with Crippen molar-refractivity contribution in [3.63, 3.8) is 0 Å². The first-order chi connectivity index (χ1) is 35.8. The number of nitrogens with one attached hydrogen (secondary N) is 3. The Bertz CT molecular complexity index is 2980. The van der Waals surface area contributed by atoms with Crippen LogP contribution in [-0.4, -0.2) is 156 Å². The lowest BCUT2D eigenvalue weighted by Gasteiger charge is -2.34. The summed E-state index contributed by atoms with van der Waals surface area (Å²) in [4.78, 5) is 58.7. The van der Waals surface area contributed by atoms with E-state index in [1.807, 2.05) is 99.4 Å². The zero-order chi connectivity index (χ0) is 51.9. The molecule has 5 heterocycles. The molecule has 0 atom stereocenters. The Morgan fingerprint density at radius 1 is 0.838 bits per heavy atom. The molecule has 0 bridgehead atoms. The molecule has 2 fully saturated rings. The maximum atomic E-state index is 13.2. The normalized spacial score (nSPS) is 15.5. The van der Waals surface area contributed by atoms with Crippen molar-refractivity contribution in [1.29, 1.82) is 0 Å². The fourth-order valence-corrected chi connectivity index (χ4v) is 9.68. The number of para-hydroxylation sites is 1. The minimum Gasteiger partial charge on any atom is -0.508 e. The minimum absolute atomic E-state index is 0.00342. The van der Waals surface area contributed by atoms with E-state index in [2.05, 4.69) is 40.5 Å². The highest BCUT2D eigenvalue weighted by atomic mass is 16.5. The van der Waals surface area contributed by atoms with Gasteiger partial charge in [-0.1, -0.05) is 38.1 Å². The largest absolute Gasteiger partial charge is 0.508 e. The number of nitrogens with zero attached hydrogens (tertiary/aromatic N) is 9. The van der Waals surface area contributed by atoms with Crippen LogP contribution >= 0.6 is 0 Å². The summed E-state index contributed by atoms with van der Waals surface area (Å²) >= 11 is 0. The van der Waals surface area contributed by atoms with Gasteiger partial charge in [-0.25, -0.2) is 19.4 Å². The summed E-state index contributed by atoms with van der Waals surface area (Å²) in [6.45, 7) is 14.5. The van der Waals surface area contributed by atoms with E-state index in [9.17, 15) is 24.6 Å². The molecule has 0 spiro atoms. The second-order valence-electron chi connectivity index (χ2n) is 19.1. The number of H-pyrrole nitrogens is 1. The number of hydrogen-bond donors (Lipinski definition) is 5. The smallest absolute Gasteiger partial charge is 0.348 e. The number of hydrogen-bond acceptors (Lipinski definition) is 16. The molecule has 0 radical (unpaired) electrons. The molecule has 0 unspecified atom stereocenters. The number of aromatic amines is 1. The first-order valence-electron chi connectivity index (χ1n) is 25.4. The number of aromatic hydroxyl groups is 2. The molecule has 0 aliphatic carbocycles. The summed E-state index contributed by atoms with van der Waals surface area (Å²) in [5.41, 5.74) is 6.02. The number of amides is 2. The third kappa shape index (κ3) is 11.6. The molecule has 5 N–H and O–H groups in total. The molecule has 3 aliphatic heterocycles. The summed E-state index contributed by atoms with van der Waals surface area (Å²) in [5, 5.41) is 34.0. The van der Waals surface area contributed by atoms with Crippen molar-refractivity contribution in [2.75, 3.05) is 113 Å². The van der Waals surface area contributed by atoms with Gasteiger partial charge in [-0.05, 0) is 79.3 Å². The fourth-order valence-electron chi connectivity index (χ4n) is 9.68. The van der Waals surface area contributed by atoms with Crippen LogP contribution < -0.4 is 35.8 Å². The number of benzene rings is 4. The van der Waals surface area contributed by atoms with E-state index in [0.717, 1.165) is 87.8 Å². The van der Waals surface area contributed by atoms with Gasteiger partial charge in [0.2, 0.25) is 11.9 Å². The van der Waals surface area contributed by atoms with Gasteiger partial charge in [0.1, 0.15) is 29.5 Å². The SMILES string of the molecule is CCOc1cc(N2CCC(OCC(=O)NCCOCCN3CCN(Cc4ccc(-n5c(-c6cc(C(C)C)c(O)cc6O)n[nH]c5=O)cc4)CC3)CC2)ccc1Nc1ncc2c(n1)N(C)c1ccccc1C(=O)N2C. The lowest BCUT2D eigenvalue weighted by molar-refractivity contribution is -0.128. The summed E-state index contributed by atoms with van der Waals surface area (Å²) in [5.74, 6) is 1.47. The van der Waals surface area contributed by atoms with E-state index in [1.54, 1.807) is 24.2 Å². The molecule has 2 saturated heterocycles. The van der Waals surface area contributed by atoms with E-state index < -0.39 is 5.69 Å². The Morgan fingerprint density at radius 3 is 2.34 bits per heavy atom. The van der Waals surface area contributed by atoms with Crippen molar-refractivity contribution in [1.82, 2.24) is 39.8 Å². The molecule has 2 amide bonds. The van der Waals surface area contributed by atoms with Crippen molar-refractivity contribution in [3.05, 3.63) is 112 Å². The number of fused-ring (bicyclic) bond motifs is 2. The lowest BCUT2D eigenvalue weighted by Crippen LogP contribution is -2.46. The van der Waals surface area contributed by atoms with E-state index in [1.165, 1.54) is 10.6 Å². The quantitative estimate of drug-likeness (QED) is 0.0589. The molecule has 4 aromatic carbocycles. The zero-order valence-corrected chi connectivity index (χ0v) is 42.7. The number of carbonyl (C=O) groups is 2. The summed E-state index contributed by atoms with van der Waals surface area (Å²) in [6, 6.07) is 24.2. The Balaban J connectivity index is 0.653. The second kappa shape index (κ2) is 23.1. The highest BCUT2D eigenvalue weighted by Crippen LogP contribution is 2.40. The first-order valence-corrected chi connectivity index (χ1v) is 25.4. The molecular formula is C54H66N12O8. The standard InChI is InChI=1S/C54H66N12O8/c1-6-73-48-29-38(15-16-43(48)57-53-56-32-45-51(58-53)61(4)44-10-8-7-9-40(44)52(70)62(45)5)65-20-17-39(18-21-65)74-34-49(69)55-19-27-72-28-26-63-22-24-64(25-23-63)33-36-11-13-37(14-12-36)66-50(59-60-54(66)71)42-30-41(35(2)3)46(67)31-47(42)68/h7-16,29-32,35,39,67-68H,6,17-28,33-34H2,1-5H3,(H,55,69)(H,60,71)(H,56,57,58). The zero-order valence-electron chi connectivity index (χ0n) is 42.7. The van der Waals surface area contributed by atoms with Crippen molar-refractivity contribution in [2.24, 2.45) is 0 Å². The number of anilines is 6. The van der Waals surface area contributed by atoms with Crippen LogP contribution in [0.25, 0.3) is 17.1 Å². The van der Waals surface area contributed by atoms with Gasteiger partial charge in [0.25, 0.3) is 5.91 Å². The average Bonchev–Trinajstić information content (AvgIpc) is 3.77. The van der Waals surface area contributed by atoms with Crippen LogP contribution in [0.4, 0.5) is 34.5 Å². The van der Waals surface area contributed by atoms with Gasteiger partial charge in [0.15, 0.2) is 11.6 Å². The van der Waals surface area contributed by atoms with E-state index in [0.29, 0.717) is 71.9 Å². The fraction of sp³-hybridized carbons (Fsp3) is 0.407. The van der Waals surface area contributed by atoms with Gasteiger partial charge in [-0.3, -0.25) is 19.4 Å². The van der Waals surface area contributed by atoms with Crippen LogP contribution in [0, 0.1) is 0 Å². The Hall–Kier alpha value is -7.52. The average molecular weight is 1010 g/mol. The van der Waals surface area contributed by atoms with Crippen LogP contribution in [0.5, 0.6) is 17.2 Å². The van der Waals surface area contributed by atoms with E-state index >= 15 is 0 Å². The van der Waals surface area contributed by atoms with Crippen LogP contribution in [0.15, 0.2) is 89.9 Å². The first kappa shape index (κ1) is 51.4. The highest BCUT2D eigenvalue weighted by Gasteiger charge is 2.30. The summed E-state index contributed by atoms with van der Waals surface area (Å²) < 4.78 is 19.4. The number of phenolic OH excluding ortho intramolecular Hbond substituents is 2. The number of phenols is 2. The van der Waals surface area contributed by atoms with E-state index in [-0.39, 0.29) is 47.8 Å². The van der Waals surface area contributed by atoms with Gasteiger partial charge in [-0.15, -0.1) is 0 Å². The monoisotopic (exact) mass is 1010 g/mol. The number of piperazine rings is 1. The molecule has 74 heavy (non-hydrogen) atoms. The van der Waals surface area contributed by atoms with Crippen molar-refractivity contribution < 1.29 is 34.0 Å². The number of piperidine rings is 1. The summed E-state index contributed by atoms with van der Waals surface area (Å²) in [7, 11) is 3.62. The highest BCUT2D eigenvalue weighted by molar-refractivity contribution is 6.13. The Labute approximate surface area is 430 Å². The van der Waals surface area contributed by atoms with Gasteiger partial charge >= 0.3 is 5.69 Å². The molecule has 9 rings (SSSR count). The summed E-state index contributed by atoms with van der Waals surface area (Å²) in [6.07, 6.45) is 3.21. The molecule has 3 aliphatic rings. The maximum Gasteiger partial charge on any atom is 0.348 e. The minimum atomic E-state index is -0.427. The van der Waals surface area contributed by atoms with Gasteiger partial charge < -0.3 is 49.8 Å². The van der Waals surface area contributed by atoms with Crippen LogP contribution in [-0.2, 0) is 20.8 Å². The van der Waals surface area contributed by atoms with Gasteiger partial charge in [0, 0.05) is 90.8 Å². The molecule has 2 aromatic heterocycles. The third-order valence-electron chi connectivity index (χ3n) is 13.9. The molecule has 6 aromatic rings. The number of carbonyl (C=O) groups excluding carboxylic acids is 2.